The second kappa shape index (κ2) is 8.98. The molecule has 1 atom stereocenters. The van der Waals surface area contributed by atoms with Crippen LogP contribution in [0.3, 0.4) is 0 Å². The number of thioether (sulfide) groups is 1. The first kappa shape index (κ1) is 19.9. The van der Waals surface area contributed by atoms with Crippen molar-refractivity contribution < 1.29 is 9.47 Å². The summed E-state index contributed by atoms with van der Waals surface area (Å²) in [5, 5.41) is 12.7. The Labute approximate surface area is 186 Å². The second-order valence-corrected chi connectivity index (χ2v) is 8.62. The van der Waals surface area contributed by atoms with E-state index in [1.165, 1.54) is 24.6 Å². The SMILES string of the molecule is C=CCSc1nnc2c(n1)O[C@H](c1ccc(OC3CCCC3)cc1)Nc1ccccc1-2. The van der Waals surface area contributed by atoms with Crippen LogP contribution in [0, 0.1) is 0 Å². The van der Waals surface area contributed by atoms with E-state index in [0.29, 0.717) is 28.6 Å². The molecule has 158 valence electrons. The quantitative estimate of drug-likeness (QED) is 0.399. The van der Waals surface area contributed by atoms with Gasteiger partial charge in [-0.3, -0.25) is 0 Å². The van der Waals surface area contributed by atoms with Crippen molar-refractivity contribution in [2.75, 3.05) is 11.1 Å². The van der Waals surface area contributed by atoms with Crippen molar-refractivity contribution in [1.82, 2.24) is 15.2 Å². The molecule has 1 N–H and O–H groups in total. The maximum Gasteiger partial charge on any atom is 0.247 e. The van der Waals surface area contributed by atoms with Gasteiger partial charge in [0, 0.05) is 22.6 Å². The van der Waals surface area contributed by atoms with Gasteiger partial charge in [-0.05, 0) is 56.0 Å². The van der Waals surface area contributed by atoms with Crippen LogP contribution in [0.15, 0.2) is 66.3 Å². The first-order valence-corrected chi connectivity index (χ1v) is 11.6. The highest BCUT2D eigenvalue weighted by atomic mass is 32.2. The first-order valence-electron chi connectivity index (χ1n) is 10.6. The van der Waals surface area contributed by atoms with Gasteiger partial charge in [-0.15, -0.1) is 16.8 Å². The Bertz CT molecular complexity index is 1070. The maximum absolute atomic E-state index is 6.31. The van der Waals surface area contributed by atoms with Gasteiger partial charge in [-0.1, -0.05) is 36.0 Å². The van der Waals surface area contributed by atoms with E-state index in [2.05, 4.69) is 27.1 Å². The van der Waals surface area contributed by atoms with Crippen LogP contribution in [0.1, 0.15) is 37.5 Å². The first-order chi connectivity index (χ1) is 15.3. The van der Waals surface area contributed by atoms with Gasteiger partial charge in [0.15, 0.2) is 11.9 Å². The number of rotatable bonds is 6. The smallest absolute Gasteiger partial charge is 0.247 e. The van der Waals surface area contributed by atoms with Crippen LogP contribution in [0.2, 0.25) is 0 Å². The van der Waals surface area contributed by atoms with Crippen LogP contribution in [0.25, 0.3) is 11.3 Å². The van der Waals surface area contributed by atoms with Crippen LogP contribution in [-0.2, 0) is 0 Å². The molecule has 1 fully saturated rings. The van der Waals surface area contributed by atoms with Gasteiger partial charge in [-0.25, -0.2) is 0 Å². The van der Waals surface area contributed by atoms with Crippen molar-refractivity contribution >= 4 is 17.4 Å². The molecule has 0 spiro atoms. The fraction of sp³-hybridized carbons (Fsp3) is 0.292. The Hall–Kier alpha value is -3.06. The summed E-state index contributed by atoms with van der Waals surface area (Å²) in [6.45, 7) is 3.75. The minimum absolute atomic E-state index is 0.339. The van der Waals surface area contributed by atoms with E-state index >= 15 is 0 Å². The topological polar surface area (TPSA) is 69.2 Å². The zero-order chi connectivity index (χ0) is 21.0. The molecule has 0 unspecified atom stereocenters. The summed E-state index contributed by atoms with van der Waals surface area (Å²) >= 11 is 1.48. The molecule has 0 radical (unpaired) electrons. The molecule has 2 aliphatic rings. The second-order valence-electron chi connectivity index (χ2n) is 7.63. The number of ether oxygens (including phenoxy) is 2. The van der Waals surface area contributed by atoms with Crippen molar-refractivity contribution in [3.05, 3.63) is 66.7 Å². The highest BCUT2D eigenvalue weighted by Crippen LogP contribution is 2.39. The predicted octanol–water partition coefficient (Wildman–Crippen LogP) is 5.64. The molecule has 1 aliphatic carbocycles. The lowest BCUT2D eigenvalue weighted by atomic mass is 10.1. The molecule has 5 rings (SSSR count). The summed E-state index contributed by atoms with van der Waals surface area (Å²) < 4.78 is 12.4. The number of hydrogen-bond acceptors (Lipinski definition) is 7. The number of para-hydroxylation sites is 1. The van der Waals surface area contributed by atoms with Crippen LogP contribution < -0.4 is 14.8 Å². The van der Waals surface area contributed by atoms with Crippen molar-refractivity contribution in [3.63, 3.8) is 0 Å². The Balaban J connectivity index is 1.44. The number of aromatic nitrogens is 3. The lowest BCUT2D eigenvalue weighted by molar-refractivity contribution is 0.209. The third kappa shape index (κ3) is 4.37. The molecular formula is C24H24N4O2S. The summed E-state index contributed by atoms with van der Waals surface area (Å²) in [7, 11) is 0. The van der Waals surface area contributed by atoms with Crippen LogP contribution in [0.5, 0.6) is 11.6 Å². The molecule has 1 saturated carbocycles. The van der Waals surface area contributed by atoms with Crippen LogP contribution in [-0.4, -0.2) is 27.0 Å². The molecule has 2 heterocycles. The van der Waals surface area contributed by atoms with E-state index < -0.39 is 6.23 Å². The van der Waals surface area contributed by atoms with Gasteiger partial charge < -0.3 is 14.8 Å². The lowest BCUT2D eigenvalue weighted by Crippen LogP contribution is -2.17. The van der Waals surface area contributed by atoms with Crippen molar-refractivity contribution in [3.8, 4) is 22.9 Å². The molecular weight excluding hydrogens is 408 g/mol. The zero-order valence-electron chi connectivity index (χ0n) is 17.2. The Morgan fingerprint density at radius 1 is 1.10 bits per heavy atom. The fourth-order valence-electron chi connectivity index (χ4n) is 3.91. The highest BCUT2D eigenvalue weighted by Gasteiger charge is 2.26. The minimum atomic E-state index is -0.406. The van der Waals surface area contributed by atoms with E-state index in [0.717, 1.165) is 35.4 Å². The van der Waals surface area contributed by atoms with Gasteiger partial charge in [0.2, 0.25) is 11.0 Å². The number of benzene rings is 2. The zero-order valence-corrected chi connectivity index (χ0v) is 18.0. The Morgan fingerprint density at radius 2 is 1.90 bits per heavy atom. The molecule has 2 aromatic carbocycles. The molecule has 31 heavy (non-hydrogen) atoms. The summed E-state index contributed by atoms with van der Waals surface area (Å²) in [5.74, 6) is 2.08. The van der Waals surface area contributed by atoms with Gasteiger partial charge in [-0.2, -0.15) is 4.98 Å². The molecule has 6 nitrogen and oxygen atoms in total. The van der Waals surface area contributed by atoms with Gasteiger partial charge in [0.05, 0.1) is 6.10 Å². The molecule has 1 aromatic heterocycles. The number of nitrogens with zero attached hydrogens (tertiary/aromatic N) is 3. The van der Waals surface area contributed by atoms with Crippen LogP contribution in [0.4, 0.5) is 5.69 Å². The van der Waals surface area contributed by atoms with Gasteiger partial charge in [0.1, 0.15) is 5.75 Å². The molecule has 0 amide bonds. The minimum Gasteiger partial charge on any atom is -0.490 e. The molecule has 7 heteroatoms. The summed E-state index contributed by atoms with van der Waals surface area (Å²) in [6.07, 6.45) is 6.54. The average molecular weight is 433 g/mol. The predicted molar refractivity (Wildman–Crippen MR) is 123 cm³/mol. The average Bonchev–Trinajstić information content (AvgIpc) is 3.25. The third-order valence-corrected chi connectivity index (χ3v) is 6.29. The Morgan fingerprint density at radius 3 is 2.71 bits per heavy atom. The van der Waals surface area contributed by atoms with E-state index in [1.807, 2.05) is 54.6 Å². The van der Waals surface area contributed by atoms with Crippen molar-refractivity contribution in [1.29, 1.82) is 0 Å². The molecule has 3 aromatic rings. The number of anilines is 1. The largest absolute Gasteiger partial charge is 0.490 e. The normalized spacial score (nSPS) is 17.6. The van der Waals surface area contributed by atoms with Crippen molar-refractivity contribution in [2.45, 2.75) is 43.2 Å². The lowest BCUT2D eigenvalue weighted by Gasteiger charge is -2.20. The summed E-state index contributed by atoms with van der Waals surface area (Å²) in [5.41, 5.74) is 3.47. The van der Waals surface area contributed by atoms with E-state index in [1.54, 1.807) is 0 Å². The number of hydrogen-bond donors (Lipinski definition) is 1. The molecule has 1 aliphatic heterocycles. The Kier molecular flexibility index (Phi) is 5.76. The molecule has 0 saturated heterocycles. The number of nitrogens with one attached hydrogen (secondary N) is 1. The standard InChI is InChI=1S/C24H24N4O2S/c1-2-15-31-24-26-23-21(27-28-24)19-9-5-6-10-20(19)25-22(30-23)16-11-13-18(14-12-16)29-17-7-3-4-8-17/h2,5-6,9-14,17,22,25H,1,3-4,7-8,15H2/t22-/m1/s1. The maximum atomic E-state index is 6.31. The fourth-order valence-corrected chi connectivity index (χ4v) is 4.43. The van der Waals surface area contributed by atoms with E-state index in [-0.39, 0.29) is 0 Å². The summed E-state index contributed by atoms with van der Waals surface area (Å²) in [4.78, 5) is 4.63. The third-order valence-electron chi connectivity index (χ3n) is 5.45. The van der Waals surface area contributed by atoms with E-state index in [4.69, 9.17) is 9.47 Å². The van der Waals surface area contributed by atoms with Crippen LogP contribution >= 0.6 is 11.8 Å². The monoisotopic (exact) mass is 432 g/mol. The van der Waals surface area contributed by atoms with Gasteiger partial charge >= 0.3 is 0 Å². The van der Waals surface area contributed by atoms with Crippen molar-refractivity contribution in [2.24, 2.45) is 0 Å². The van der Waals surface area contributed by atoms with E-state index in [9.17, 15) is 0 Å². The highest BCUT2D eigenvalue weighted by molar-refractivity contribution is 7.99. The summed E-state index contributed by atoms with van der Waals surface area (Å²) in [6, 6.07) is 16.1. The molecule has 0 bridgehead atoms. The number of fused-ring (bicyclic) bond motifs is 3. The van der Waals surface area contributed by atoms with Gasteiger partial charge in [0.25, 0.3) is 0 Å².